The first-order valence-corrected chi connectivity index (χ1v) is 8.36. The highest BCUT2D eigenvalue weighted by atomic mass is 35.5. The lowest BCUT2D eigenvalue weighted by molar-refractivity contribution is -0.150. The summed E-state index contributed by atoms with van der Waals surface area (Å²) in [5.41, 5.74) is 0.713. The molecule has 126 valence electrons. The third-order valence-electron chi connectivity index (χ3n) is 4.11. The Morgan fingerprint density at radius 1 is 1.39 bits per heavy atom. The molecule has 2 atom stereocenters. The van der Waals surface area contributed by atoms with Crippen LogP contribution in [0.1, 0.15) is 26.7 Å². The Bertz CT molecular complexity index is 547. The van der Waals surface area contributed by atoms with Crippen molar-refractivity contribution in [3.05, 3.63) is 29.3 Å². The number of amides is 1. The lowest BCUT2D eigenvalue weighted by Gasteiger charge is -2.35. The number of hydrogen-bond donors (Lipinski definition) is 1. The smallest absolute Gasteiger partial charge is 0.310 e. The highest BCUT2D eigenvalue weighted by Gasteiger charge is 2.31. The number of esters is 1. The zero-order valence-corrected chi connectivity index (χ0v) is 14.3. The van der Waals surface area contributed by atoms with E-state index in [-0.39, 0.29) is 23.8 Å². The number of nitrogens with zero attached hydrogens (tertiary/aromatic N) is 1. The topological polar surface area (TPSA) is 58.6 Å². The van der Waals surface area contributed by atoms with Crippen molar-refractivity contribution in [3.8, 4) is 0 Å². The van der Waals surface area contributed by atoms with Crippen molar-refractivity contribution in [3.63, 3.8) is 0 Å². The Hall–Kier alpha value is -1.59. The van der Waals surface area contributed by atoms with E-state index in [0.717, 1.165) is 19.4 Å². The van der Waals surface area contributed by atoms with Crippen LogP contribution in [0.3, 0.4) is 0 Å². The van der Waals surface area contributed by atoms with E-state index in [1.165, 1.54) is 0 Å². The van der Waals surface area contributed by atoms with Crippen LogP contribution in [-0.4, -0.2) is 42.5 Å². The van der Waals surface area contributed by atoms with Crippen molar-refractivity contribution in [1.29, 1.82) is 0 Å². The second-order valence-electron chi connectivity index (χ2n) is 5.76. The van der Waals surface area contributed by atoms with E-state index in [9.17, 15) is 9.59 Å². The third-order valence-corrected chi connectivity index (χ3v) is 4.36. The Kier molecular flexibility index (Phi) is 6.42. The van der Waals surface area contributed by atoms with E-state index < -0.39 is 0 Å². The molecular weight excluding hydrogens is 316 g/mol. The van der Waals surface area contributed by atoms with Crippen molar-refractivity contribution in [2.24, 2.45) is 5.92 Å². The van der Waals surface area contributed by atoms with Crippen molar-refractivity contribution in [2.45, 2.75) is 32.7 Å². The molecular formula is C17H23ClN2O3. The maximum absolute atomic E-state index is 12.4. The third kappa shape index (κ3) is 4.94. The Morgan fingerprint density at radius 2 is 2.09 bits per heavy atom. The van der Waals surface area contributed by atoms with Gasteiger partial charge >= 0.3 is 5.97 Å². The van der Waals surface area contributed by atoms with Crippen LogP contribution >= 0.6 is 11.6 Å². The predicted molar refractivity (Wildman–Crippen MR) is 90.5 cm³/mol. The molecule has 1 aliphatic rings. The number of piperidine rings is 1. The van der Waals surface area contributed by atoms with E-state index in [2.05, 4.69) is 5.32 Å². The fourth-order valence-electron chi connectivity index (χ4n) is 2.76. The normalized spacial score (nSPS) is 19.9. The molecule has 1 heterocycles. The van der Waals surface area contributed by atoms with Gasteiger partial charge in [0, 0.05) is 17.3 Å². The molecule has 5 nitrogen and oxygen atoms in total. The average molecular weight is 339 g/mol. The molecule has 1 fully saturated rings. The van der Waals surface area contributed by atoms with E-state index in [0.29, 0.717) is 23.9 Å². The monoisotopic (exact) mass is 338 g/mol. The first kappa shape index (κ1) is 17.8. The SMILES string of the molecule is CCOC(=O)[C@@H]1CCCN([C@@H](C)C(=O)Nc2ccc(Cl)cc2)C1. The molecule has 1 amide bonds. The number of ether oxygens (including phenoxy) is 1. The van der Waals surface area contributed by atoms with Crippen molar-refractivity contribution < 1.29 is 14.3 Å². The van der Waals surface area contributed by atoms with Gasteiger partial charge in [0.2, 0.25) is 5.91 Å². The molecule has 0 aliphatic carbocycles. The number of halogens is 1. The number of rotatable bonds is 5. The van der Waals surface area contributed by atoms with Crippen molar-refractivity contribution in [1.82, 2.24) is 4.90 Å². The number of nitrogens with one attached hydrogen (secondary N) is 1. The number of carbonyl (C=O) groups is 2. The Balaban J connectivity index is 1.93. The maximum atomic E-state index is 12.4. The summed E-state index contributed by atoms with van der Waals surface area (Å²) in [6.07, 6.45) is 1.71. The molecule has 0 aromatic heterocycles. The standard InChI is InChI=1S/C17H23ClN2O3/c1-3-23-17(22)13-5-4-10-20(11-13)12(2)16(21)19-15-8-6-14(18)7-9-15/h6-9,12-13H,3-5,10-11H2,1-2H3,(H,19,21)/t12-,13+/m0/s1. The van der Waals surface area contributed by atoms with Gasteiger partial charge in [0.05, 0.1) is 18.6 Å². The van der Waals surface area contributed by atoms with Gasteiger partial charge in [0.15, 0.2) is 0 Å². The summed E-state index contributed by atoms with van der Waals surface area (Å²) in [5.74, 6) is -0.395. The van der Waals surface area contributed by atoms with Crippen LogP contribution in [0, 0.1) is 5.92 Å². The lowest BCUT2D eigenvalue weighted by atomic mass is 9.97. The minimum Gasteiger partial charge on any atom is -0.466 e. The molecule has 1 saturated heterocycles. The van der Waals surface area contributed by atoms with Gasteiger partial charge in [-0.2, -0.15) is 0 Å². The second kappa shape index (κ2) is 8.31. The fraction of sp³-hybridized carbons (Fsp3) is 0.529. The first-order valence-electron chi connectivity index (χ1n) is 7.98. The number of hydrogen-bond acceptors (Lipinski definition) is 4. The van der Waals surface area contributed by atoms with Gasteiger partial charge in [-0.25, -0.2) is 0 Å². The molecule has 1 aromatic rings. The van der Waals surface area contributed by atoms with Gasteiger partial charge in [-0.05, 0) is 57.5 Å². The minimum atomic E-state index is -0.303. The largest absolute Gasteiger partial charge is 0.466 e. The molecule has 1 N–H and O–H groups in total. The summed E-state index contributed by atoms with van der Waals surface area (Å²) < 4.78 is 5.10. The molecule has 0 unspecified atom stereocenters. The van der Waals surface area contributed by atoms with Crippen LogP contribution in [0.5, 0.6) is 0 Å². The zero-order chi connectivity index (χ0) is 16.8. The van der Waals surface area contributed by atoms with Gasteiger partial charge in [-0.1, -0.05) is 11.6 Å². The van der Waals surface area contributed by atoms with Gasteiger partial charge in [0.25, 0.3) is 0 Å². The predicted octanol–water partition coefficient (Wildman–Crippen LogP) is 2.94. The van der Waals surface area contributed by atoms with Crippen LogP contribution in [-0.2, 0) is 14.3 Å². The summed E-state index contributed by atoms with van der Waals surface area (Å²) in [6.45, 7) is 5.43. The molecule has 1 aliphatic heterocycles. The Labute approximate surface area is 141 Å². The van der Waals surface area contributed by atoms with Crippen molar-refractivity contribution >= 4 is 29.2 Å². The van der Waals surface area contributed by atoms with E-state index >= 15 is 0 Å². The molecule has 2 rings (SSSR count). The minimum absolute atomic E-state index is 0.0863. The summed E-state index contributed by atoms with van der Waals surface area (Å²) in [5, 5.41) is 3.51. The molecule has 23 heavy (non-hydrogen) atoms. The van der Waals surface area contributed by atoms with Crippen LogP contribution in [0.2, 0.25) is 5.02 Å². The number of carbonyl (C=O) groups excluding carboxylic acids is 2. The van der Waals surface area contributed by atoms with Crippen LogP contribution < -0.4 is 5.32 Å². The van der Waals surface area contributed by atoms with Crippen molar-refractivity contribution in [2.75, 3.05) is 25.0 Å². The van der Waals surface area contributed by atoms with Crippen LogP contribution in [0.25, 0.3) is 0 Å². The first-order chi connectivity index (χ1) is 11.0. The second-order valence-corrected chi connectivity index (χ2v) is 6.19. The molecule has 0 saturated carbocycles. The van der Waals surface area contributed by atoms with E-state index in [4.69, 9.17) is 16.3 Å². The highest BCUT2D eigenvalue weighted by molar-refractivity contribution is 6.30. The quantitative estimate of drug-likeness (QED) is 0.839. The Morgan fingerprint density at radius 3 is 2.74 bits per heavy atom. The molecule has 0 bridgehead atoms. The fourth-order valence-corrected chi connectivity index (χ4v) is 2.88. The van der Waals surface area contributed by atoms with Crippen LogP contribution in [0.4, 0.5) is 5.69 Å². The molecule has 6 heteroatoms. The number of likely N-dealkylation sites (tertiary alicyclic amines) is 1. The van der Waals surface area contributed by atoms with E-state index in [1.54, 1.807) is 31.2 Å². The maximum Gasteiger partial charge on any atom is 0.310 e. The van der Waals surface area contributed by atoms with Gasteiger partial charge in [-0.3, -0.25) is 14.5 Å². The lowest BCUT2D eigenvalue weighted by Crippen LogP contribution is -2.48. The summed E-state index contributed by atoms with van der Waals surface area (Å²) in [4.78, 5) is 26.3. The molecule has 0 radical (unpaired) electrons. The van der Waals surface area contributed by atoms with E-state index in [1.807, 2.05) is 11.8 Å². The average Bonchev–Trinajstić information content (AvgIpc) is 2.56. The summed E-state index contributed by atoms with van der Waals surface area (Å²) >= 11 is 5.84. The van der Waals surface area contributed by atoms with Gasteiger partial charge in [0.1, 0.15) is 0 Å². The molecule has 0 spiro atoms. The van der Waals surface area contributed by atoms with Gasteiger partial charge < -0.3 is 10.1 Å². The summed E-state index contributed by atoms with van der Waals surface area (Å²) in [6, 6.07) is 6.71. The summed E-state index contributed by atoms with van der Waals surface area (Å²) in [7, 11) is 0. The van der Waals surface area contributed by atoms with Crippen LogP contribution in [0.15, 0.2) is 24.3 Å². The molecule has 1 aromatic carbocycles. The number of anilines is 1. The number of benzene rings is 1. The highest BCUT2D eigenvalue weighted by Crippen LogP contribution is 2.21. The zero-order valence-electron chi connectivity index (χ0n) is 13.5. The van der Waals surface area contributed by atoms with Gasteiger partial charge in [-0.15, -0.1) is 0 Å².